The molecule has 0 aliphatic rings. The van der Waals surface area contributed by atoms with E-state index in [9.17, 15) is 9.59 Å². The average Bonchev–Trinajstić information content (AvgIpc) is 2.49. The van der Waals surface area contributed by atoms with E-state index >= 15 is 0 Å². The molecule has 2 amide bonds. The Morgan fingerprint density at radius 1 is 1.24 bits per heavy atom. The molecule has 0 aliphatic carbocycles. The Bertz CT molecular complexity index is 429. The third-order valence-corrected chi connectivity index (χ3v) is 2.67. The number of rotatable bonds is 8. The molecule has 0 radical (unpaired) electrons. The number of hydrogen-bond acceptors (Lipinski definition) is 4. The van der Waals surface area contributed by atoms with Crippen LogP contribution in [0.15, 0.2) is 30.3 Å². The third kappa shape index (κ3) is 8.16. The highest BCUT2D eigenvalue weighted by Gasteiger charge is 2.10. The molecule has 1 rings (SSSR count). The smallest absolute Gasteiger partial charge is 0.258 e. The first-order valence-electron chi connectivity index (χ1n) is 6.46. The number of amides is 2. The predicted octanol–water partition coefficient (Wildman–Crippen LogP) is 0.281. The van der Waals surface area contributed by atoms with Crippen molar-refractivity contribution in [2.45, 2.75) is 0 Å². The van der Waals surface area contributed by atoms with E-state index in [0.717, 1.165) is 0 Å². The summed E-state index contributed by atoms with van der Waals surface area (Å²) in [5, 5.41) is 5.49. The summed E-state index contributed by atoms with van der Waals surface area (Å²) in [7, 11) is 3.52. The van der Waals surface area contributed by atoms with Crippen molar-refractivity contribution in [3.05, 3.63) is 30.3 Å². The van der Waals surface area contributed by atoms with Gasteiger partial charge in [-0.1, -0.05) is 18.2 Å². The molecule has 1 aromatic rings. The molecule has 0 aromatic heterocycles. The molecule has 0 aliphatic heterocycles. The number of carbonyl (C=O) groups excluding carboxylic acids is 2. The first-order valence-corrected chi connectivity index (χ1v) is 6.46. The van der Waals surface area contributed by atoms with Gasteiger partial charge in [0.15, 0.2) is 6.61 Å². The molecule has 0 bridgehead atoms. The molecule has 0 saturated carbocycles. The lowest BCUT2D eigenvalue weighted by atomic mass is 10.3. The standard InChI is InChI=1S/C14H21N3O3.ClH/c1-15-8-9-17(2)14(19)10-16-13(18)11-20-12-6-4-3-5-7-12;/h3-7,15H,8-11H2,1-2H3,(H,16,18);1H. The molecule has 0 spiro atoms. The van der Waals surface area contributed by atoms with Gasteiger partial charge in [-0.05, 0) is 19.2 Å². The van der Waals surface area contributed by atoms with Gasteiger partial charge in [-0.15, -0.1) is 12.4 Å². The highest BCUT2D eigenvalue weighted by Crippen LogP contribution is 2.07. The summed E-state index contributed by atoms with van der Waals surface area (Å²) >= 11 is 0. The lowest BCUT2D eigenvalue weighted by Gasteiger charge is -2.17. The second kappa shape index (κ2) is 10.9. The molecule has 21 heavy (non-hydrogen) atoms. The quantitative estimate of drug-likeness (QED) is 0.723. The second-order valence-corrected chi connectivity index (χ2v) is 4.30. The number of nitrogens with one attached hydrogen (secondary N) is 2. The van der Waals surface area contributed by atoms with Gasteiger partial charge in [0, 0.05) is 20.1 Å². The first kappa shape index (κ1) is 19.2. The molecule has 0 fully saturated rings. The number of benzene rings is 1. The molecule has 0 heterocycles. The summed E-state index contributed by atoms with van der Waals surface area (Å²) in [4.78, 5) is 24.8. The van der Waals surface area contributed by atoms with Crippen LogP contribution in [0.3, 0.4) is 0 Å². The summed E-state index contributed by atoms with van der Waals surface area (Å²) in [5.41, 5.74) is 0. The maximum atomic E-state index is 11.7. The van der Waals surface area contributed by atoms with E-state index in [1.807, 2.05) is 25.2 Å². The Morgan fingerprint density at radius 3 is 2.52 bits per heavy atom. The van der Waals surface area contributed by atoms with Crippen molar-refractivity contribution >= 4 is 24.2 Å². The topological polar surface area (TPSA) is 70.7 Å². The number of para-hydroxylation sites is 1. The van der Waals surface area contributed by atoms with E-state index in [4.69, 9.17) is 4.74 Å². The zero-order chi connectivity index (χ0) is 14.8. The Hall–Kier alpha value is -1.79. The largest absolute Gasteiger partial charge is 0.484 e. The maximum absolute atomic E-state index is 11.7. The fourth-order valence-corrected chi connectivity index (χ4v) is 1.43. The van der Waals surface area contributed by atoms with Crippen LogP contribution < -0.4 is 15.4 Å². The van der Waals surface area contributed by atoms with Gasteiger partial charge in [-0.2, -0.15) is 0 Å². The number of carbonyl (C=O) groups is 2. The van der Waals surface area contributed by atoms with Crippen LogP contribution in [-0.2, 0) is 9.59 Å². The van der Waals surface area contributed by atoms with Crippen molar-refractivity contribution < 1.29 is 14.3 Å². The SMILES string of the molecule is CNCCN(C)C(=O)CNC(=O)COc1ccccc1.Cl. The van der Waals surface area contributed by atoms with Crippen LogP contribution in [0.4, 0.5) is 0 Å². The Balaban J connectivity index is 0.00000400. The number of likely N-dealkylation sites (N-methyl/N-ethyl adjacent to an activating group) is 2. The summed E-state index contributed by atoms with van der Waals surface area (Å²) in [6.45, 7) is 1.20. The monoisotopic (exact) mass is 315 g/mol. The molecule has 6 nitrogen and oxygen atoms in total. The van der Waals surface area contributed by atoms with Gasteiger partial charge >= 0.3 is 0 Å². The normalized spacial score (nSPS) is 9.43. The van der Waals surface area contributed by atoms with Crippen molar-refractivity contribution in [1.29, 1.82) is 0 Å². The fourth-order valence-electron chi connectivity index (χ4n) is 1.43. The molecule has 0 saturated heterocycles. The van der Waals surface area contributed by atoms with Crippen LogP contribution in [0, 0.1) is 0 Å². The zero-order valence-electron chi connectivity index (χ0n) is 12.3. The Kier molecular flexibility index (Phi) is 10.0. The van der Waals surface area contributed by atoms with Gasteiger partial charge in [-0.25, -0.2) is 0 Å². The number of ether oxygens (including phenoxy) is 1. The van der Waals surface area contributed by atoms with Crippen LogP contribution >= 0.6 is 12.4 Å². The van der Waals surface area contributed by atoms with Gasteiger partial charge in [0.1, 0.15) is 5.75 Å². The van der Waals surface area contributed by atoms with Crippen LogP contribution in [0.1, 0.15) is 0 Å². The van der Waals surface area contributed by atoms with E-state index in [1.165, 1.54) is 0 Å². The minimum absolute atomic E-state index is 0. The summed E-state index contributed by atoms with van der Waals surface area (Å²) in [6.07, 6.45) is 0. The first-order chi connectivity index (χ1) is 9.63. The molecule has 1 aromatic carbocycles. The minimum atomic E-state index is -0.316. The second-order valence-electron chi connectivity index (χ2n) is 4.30. The summed E-state index contributed by atoms with van der Waals surface area (Å²) < 4.78 is 5.28. The highest BCUT2D eigenvalue weighted by atomic mass is 35.5. The van der Waals surface area contributed by atoms with Crippen LogP contribution in [0.25, 0.3) is 0 Å². The molecule has 2 N–H and O–H groups in total. The fraction of sp³-hybridized carbons (Fsp3) is 0.429. The average molecular weight is 316 g/mol. The highest BCUT2D eigenvalue weighted by molar-refractivity contribution is 5.85. The number of nitrogens with zero attached hydrogens (tertiary/aromatic N) is 1. The van der Waals surface area contributed by atoms with Crippen molar-refractivity contribution in [2.24, 2.45) is 0 Å². The summed E-state index contributed by atoms with van der Waals surface area (Å²) in [6, 6.07) is 9.06. The van der Waals surface area contributed by atoms with Crippen molar-refractivity contribution in [1.82, 2.24) is 15.5 Å². The maximum Gasteiger partial charge on any atom is 0.258 e. The van der Waals surface area contributed by atoms with Gasteiger partial charge in [0.2, 0.25) is 5.91 Å². The molecule has 0 unspecified atom stereocenters. The van der Waals surface area contributed by atoms with Crippen molar-refractivity contribution in [2.75, 3.05) is 40.3 Å². The third-order valence-electron chi connectivity index (χ3n) is 2.67. The van der Waals surface area contributed by atoms with Gasteiger partial charge < -0.3 is 20.3 Å². The molecular weight excluding hydrogens is 294 g/mol. The van der Waals surface area contributed by atoms with Crippen molar-refractivity contribution in [3.8, 4) is 5.75 Å². The van der Waals surface area contributed by atoms with E-state index in [2.05, 4.69) is 10.6 Å². The molecule has 0 atom stereocenters. The zero-order valence-corrected chi connectivity index (χ0v) is 13.1. The van der Waals surface area contributed by atoms with E-state index < -0.39 is 0 Å². The summed E-state index contributed by atoms with van der Waals surface area (Å²) in [5.74, 6) is 0.178. The van der Waals surface area contributed by atoms with Gasteiger partial charge in [-0.3, -0.25) is 9.59 Å². The van der Waals surface area contributed by atoms with Crippen LogP contribution in [0.5, 0.6) is 5.75 Å². The number of hydrogen-bond donors (Lipinski definition) is 2. The lowest BCUT2D eigenvalue weighted by Crippen LogP contribution is -2.41. The van der Waals surface area contributed by atoms with Crippen LogP contribution in [-0.4, -0.2) is 57.1 Å². The Morgan fingerprint density at radius 2 is 1.90 bits per heavy atom. The van der Waals surface area contributed by atoms with Crippen molar-refractivity contribution in [3.63, 3.8) is 0 Å². The lowest BCUT2D eigenvalue weighted by molar-refractivity contribution is -0.132. The van der Waals surface area contributed by atoms with E-state index in [1.54, 1.807) is 24.1 Å². The van der Waals surface area contributed by atoms with Gasteiger partial charge in [0.05, 0.1) is 6.54 Å². The number of halogens is 1. The van der Waals surface area contributed by atoms with Crippen LogP contribution in [0.2, 0.25) is 0 Å². The van der Waals surface area contributed by atoms with E-state index in [0.29, 0.717) is 18.8 Å². The molecular formula is C14H22ClN3O3. The predicted molar refractivity (Wildman–Crippen MR) is 83.8 cm³/mol. The van der Waals surface area contributed by atoms with Gasteiger partial charge in [0.25, 0.3) is 5.91 Å². The minimum Gasteiger partial charge on any atom is -0.484 e. The molecule has 118 valence electrons. The molecule has 7 heteroatoms. The van der Waals surface area contributed by atoms with E-state index in [-0.39, 0.29) is 37.4 Å². The Labute approximate surface area is 131 Å².